The molecule has 0 aliphatic rings. The van der Waals surface area contributed by atoms with Crippen molar-refractivity contribution in [2.75, 3.05) is 39.6 Å². The number of hydrogen-bond donors (Lipinski definition) is 3. The molecular formula is C71H138O17P2. The summed E-state index contributed by atoms with van der Waals surface area (Å²) in [5.41, 5.74) is 0. The summed E-state index contributed by atoms with van der Waals surface area (Å²) in [4.78, 5) is 72.6. The van der Waals surface area contributed by atoms with Crippen LogP contribution in [0.2, 0.25) is 0 Å². The molecule has 3 unspecified atom stereocenters. The standard InChI is InChI=1S/C71H138O17P2/c1-9-64(8)50-42-34-29-30-36-44-52-69(74)82-58-67(88-71(76)54-46-38-28-22-21-25-33-41-49-63(6)7)60-86-90(79,80)84-56-65(72)55-83-89(77,78)85-59-66(87-70(75)53-45-37-27-20-16-12-14-18-24-32-40-48-62(4)5)57-81-68(73)51-43-35-26-19-15-11-10-13-17-23-31-39-47-61(2)3/h61-67,72H,9-60H2,1-8H3,(H,77,78)(H,79,80)/t64?,65-,66-,67-/m1/s1. The molecule has 0 saturated heterocycles. The number of aliphatic hydroxyl groups is 1. The Labute approximate surface area is 549 Å². The first-order valence-corrected chi connectivity index (χ1v) is 39.7. The Balaban J connectivity index is 5.26. The Morgan fingerprint density at radius 3 is 0.789 bits per heavy atom. The lowest BCUT2D eigenvalue weighted by Crippen LogP contribution is -2.30. The highest BCUT2D eigenvalue weighted by molar-refractivity contribution is 7.47. The van der Waals surface area contributed by atoms with Crippen molar-refractivity contribution in [1.82, 2.24) is 0 Å². The number of rotatable bonds is 68. The maximum atomic E-state index is 13.0. The third-order valence-corrected chi connectivity index (χ3v) is 18.6. The topological polar surface area (TPSA) is 237 Å². The lowest BCUT2D eigenvalue weighted by Gasteiger charge is -2.21. The summed E-state index contributed by atoms with van der Waals surface area (Å²) in [6.45, 7) is 14.1. The van der Waals surface area contributed by atoms with E-state index in [4.69, 9.17) is 37.0 Å². The Hall–Kier alpha value is -1.94. The van der Waals surface area contributed by atoms with Crippen molar-refractivity contribution in [3.8, 4) is 0 Å². The van der Waals surface area contributed by atoms with E-state index in [-0.39, 0.29) is 25.7 Å². The molecule has 3 N–H and O–H groups in total. The van der Waals surface area contributed by atoms with Crippen molar-refractivity contribution in [3.63, 3.8) is 0 Å². The SMILES string of the molecule is CCC(C)CCCCCCCCC(=O)OC[C@H](COP(=O)(O)OC[C@H](O)COP(=O)(O)OC[C@@H](COC(=O)CCCCCCCCCCCCCCC(C)C)OC(=O)CCCCCCCCCCCCCC(C)C)OC(=O)CCCCCCCCCCC(C)C. The van der Waals surface area contributed by atoms with Gasteiger partial charge in [-0.25, -0.2) is 9.13 Å². The molecule has 0 aromatic heterocycles. The number of ether oxygens (including phenoxy) is 4. The maximum absolute atomic E-state index is 13.0. The molecule has 17 nitrogen and oxygen atoms in total. The van der Waals surface area contributed by atoms with Gasteiger partial charge in [-0.1, -0.05) is 299 Å². The van der Waals surface area contributed by atoms with Crippen LogP contribution in [0.1, 0.15) is 351 Å². The second-order valence-electron chi connectivity index (χ2n) is 27.3. The lowest BCUT2D eigenvalue weighted by molar-refractivity contribution is -0.161. The van der Waals surface area contributed by atoms with Crippen LogP contribution in [0.5, 0.6) is 0 Å². The molecule has 0 aromatic rings. The fraction of sp³-hybridized carbons (Fsp3) is 0.944. The van der Waals surface area contributed by atoms with E-state index in [1.165, 1.54) is 148 Å². The van der Waals surface area contributed by atoms with Crippen molar-refractivity contribution in [2.45, 2.75) is 369 Å². The summed E-state index contributed by atoms with van der Waals surface area (Å²) in [5, 5.41) is 10.6. The maximum Gasteiger partial charge on any atom is 0.472 e. The number of esters is 4. The molecule has 0 bridgehead atoms. The number of phosphoric acid groups is 2. The summed E-state index contributed by atoms with van der Waals surface area (Å²) in [6.07, 6.45) is 43.1. The number of hydrogen-bond acceptors (Lipinski definition) is 15. The highest BCUT2D eigenvalue weighted by Gasteiger charge is 2.30. The van der Waals surface area contributed by atoms with Crippen molar-refractivity contribution >= 4 is 39.5 Å². The molecule has 0 saturated carbocycles. The van der Waals surface area contributed by atoms with Gasteiger partial charge in [0.05, 0.1) is 26.4 Å². The van der Waals surface area contributed by atoms with Crippen LogP contribution < -0.4 is 0 Å². The fourth-order valence-corrected chi connectivity index (χ4v) is 12.2. The minimum atomic E-state index is -4.95. The van der Waals surface area contributed by atoms with E-state index in [1.807, 2.05) is 0 Å². The summed E-state index contributed by atoms with van der Waals surface area (Å²) in [7, 11) is -9.90. The van der Waals surface area contributed by atoms with Gasteiger partial charge in [0.15, 0.2) is 12.2 Å². The summed E-state index contributed by atoms with van der Waals surface area (Å²) in [5.74, 6) is 0.867. The van der Waals surface area contributed by atoms with Gasteiger partial charge in [0.25, 0.3) is 0 Å². The van der Waals surface area contributed by atoms with Crippen molar-refractivity contribution in [2.24, 2.45) is 23.7 Å². The van der Waals surface area contributed by atoms with E-state index < -0.39 is 97.5 Å². The first kappa shape index (κ1) is 88.1. The number of phosphoric ester groups is 2. The minimum absolute atomic E-state index is 0.103. The van der Waals surface area contributed by atoms with Crippen molar-refractivity contribution in [1.29, 1.82) is 0 Å². The molecule has 19 heteroatoms. The predicted octanol–water partition coefficient (Wildman–Crippen LogP) is 20.1. The van der Waals surface area contributed by atoms with Crippen LogP contribution >= 0.6 is 15.6 Å². The number of unbranched alkanes of at least 4 members (excludes halogenated alkanes) is 33. The van der Waals surface area contributed by atoms with E-state index >= 15 is 0 Å². The molecule has 0 aromatic carbocycles. The Morgan fingerprint density at radius 2 is 0.533 bits per heavy atom. The molecule has 534 valence electrons. The van der Waals surface area contributed by atoms with Gasteiger partial charge in [0.2, 0.25) is 0 Å². The van der Waals surface area contributed by atoms with Gasteiger partial charge in [-0.2, -0.15) is 0 Å². The van der Waals surface area contributed by atoms with Gasteiger partial charge in [-0.15, -0.1) is 0 Å². The molecule has 0 aliphatic heterocycles. The molecule has 0 spiro atoms. The van der Waals surface area contributed by atoms with Crippen LogP contribution in [0, 0.1) is 23.7 Å². The van der Waals surface area contributed by atoms with Crippen molar-refractivity contribution in [3.05, 3.63) is 0 Å². The molecule has 0 heterocycles. The third kappa shape index (κ3) is 63.5. The van der Waals surface area contributed by atoms with Crippen LogP contribution in [0.25, 0.3) is 0 Å². The minimum Gasteiger partial charge on any atom is -0.462 e. The highest BCUT2D eigenvalue weighted by Crippen LogP contribution is 2.45. The first-order chi connectivity index (χ1) is 43.1. The highest BCUT2D eigenvalue weighted by atomic mass is 31.2. The smallest absolute Gasteiger partial charge is 0.462 e. The lowest BCUT2D eigenvalue weighted by atomic mass is 10.00. The quantitative estimate of drug-likeness (QED) is 0.0222. The molecule has 0 radical (unpaired) electrons. The monoisotopic (exact) mass is 1320 g/mol. The average molecular weight is 1330 g/mol. The van der Waals surface area contributed by atoms with Crippen LogP contribution in [0.15, 0.2) is 0 Å². The van der Waals surface area contributed by atoms with Gasteiger partial charge < -0.3 is 33.8 Å². The fourth-order valence-electron chi connectivity index (χ4n) is 10.6. The zero-order valence-corrected chi connectivity index (χ0v) is 60.6. The Kier molecular flexibility index (Phi) is 59.4. The molecule has 6 atom stereocenters. The summed E-state index contributed by atoms with van der Waals surface area (Å²) >= 11 is 0. The van der Waals surface area contributed by atoms with Crippen molar-refractivity contribution < 1.29 is 80.2 Å². The predicted molar refractivity (Wildman–Crippen MR) is 363 cm³/mol. The summed E-state index contributed by atoms with van der Waals surface area (Å²) in [6, 6.07) is 0. The molecular weight excluding hydrogens is 1190 g/mol. The van der Waals surface area contributed by atoms with E-state index in [0.29, 0.717) is 25.7 Å². The van der Waals surface area contributed by atoms with Crippen LogP contribution in [0.3, 0.4) is 0 Å². The van der Waals surface area contributed by atoms with E-state index in [0.717, 1.165) is 120 Å². The molecule has 0 amide bonds. The normalized spacial score (nSPS) is 14.6. The number of carbonyl (C=O) groups is 4. The largest absolute Gasteiger partial charge is 0.472 e. The van der Waals surface area contributed by atoms with E-state index in [2.05, 4.69) is 55.4 Å². The molecule has 0 fully saturated rings. The van der Waals surface area contributed by atoms with Gasteiger partial charge in [-0.05, 0) is 49.4 Å². The second-order valence-corrected chi connectivity index (χ2v) is 30.2. The number of carbonyl (C=O) groups excluding carboxylic acids is 4. The number of aliphatic hydroxyl groups excluding tert-OH is 1. The second kappa shape index (κ2) is 60.7. The average Bonchev–Trinajstić information content (AvgIpc) is 2.68. The van der Waals surface area contributed by atoms with E-state index in [9.17, 15) is 43.2 Å². The Morgan fingerprint density at radius 1 is 0.311 bits per heavy atom. The van der Waals surface area contributed by atoms with E-state index in [1.54, 1.807) is 0 Å². The Bertz CT molecular complexity index is 1780. The zero-order valence-electron chi connectivity index (χ0n) is 58.8. The van der Waals surface area contributed by atoms with Gasteiger partial charge in [0.1, 0.15) is 19.3 Å². The zero-order chi connectivity index (χ0) is 66.8. The van der Waals surface area contributed by atoms with Crippen LogP contribution in [-0.2, 0) is 65.4 Å². The van der Waals surface area contributed by atoms with Crippen LogP contribution in [-0.4, -0.2) is 96.7 Å². The molecule has 90 heavy (non-hydrogen) atoms. The van der Waals surface area contributed by atoms with Gasteiger partial charge >= 0.3 is 39.5 Å². The third-order valence-electron chi connectivity index (χ3n) is 16.7. The molecule has 0 rings (SSSR count). The van der Waals surface area contributed by atoms with Gasteiger partial charge in [0, 0.05) is 25.7 Å². The first-order valence-electron chi connectivity index (χ1n) is 36.7. The van der Waals surface area contributed by atoms with Gasteiger partial charge in [-0.3, -0.25) is 37.3 Å². The molecule has 0 aliphatic carbocycles. The summed E-state index contributed by atoms with van der Waals surface area (Å²) < 4.78 is 68.3. The van der Waals surface area contributed by atoms with Crippen LogP contribution in [0.4, 0.5) is 0 Å².